The second kappa shape index (κ2) is 6.17. The van der Waals surface area contributed by atoms with Gasteiger partial charge < -0.3 is 3.79 Å². The SMILES string of the molecule is CCCc1c([O][AlH])c(-n2cccn2)nn1-c1ccccc1. The third-order valence-corrected chi connectivity index (χ3v) is 3.56. The van der Waals surface area contributed by atoms with Crippen LogP contribution in [0.15, 0.2) is 48.8 Å². The van der Waals surface area contributed by atoms with E-state index in [2.05, 4.69) is 12.0 Å². The van der Waals surface area contributed by atoms with Crippen molar-refractivity contribution in [3.05, 3.63) is 54.5 Å². The molecule has 2 aromatic heterocycles. The lowest BCUT2D eigenvalue weighted by atomic mass is 10.2. The molecule has 0 N–H and O–H groups in total. The molecule has 3 aromatic rings. The molecule has 21 heavy (non-hydrogen) atoms. The Balaban J connectivity index is 2.20. The summed E-state index contributed by atoms with van der Waals surface area (Å²) in [6.07, 6.45) is 5.54. The normalized spacial score (nSPS) is 10.7. The molecule has 0 saturated heterocycles. The van der Waals surface area contributed by atoms with Gasteiger partial charge in [0.05, 0.1) is 11.4 Å². The van der Waals surface area contributed by atoms with Gasteiger partial charge in [-0.1, -0.05) is 31.5 Å². The van der Waals surface area contributed by atoms with Crippen LogP contribution in [0.1, 0.15) is 19.0 Å². The highest BCUT2D eigenvalue weighted by molar-refractivity contribution is 6.00. The molecule has 0 fully saturated rings. The highest BCUT2D eigenvalue weighted by Gasteiger charge is 2.19. The topological polar surface area (TPSA) is 44.9 Å². The van der Waals surface area contributed by atoms with Gasteiger partial charge in [0, 0.05) is 12.4 Å². The van der Waals surface area contributed by atoms with Gasteiger partial charge >= 0.3 is 16.6 Å². The first-order chi connectivity index (χ1) is 10.3. The smallest absolute Gasteiger partial charge is 0.494 e. The summed E-state index contributed by atoms with van der Waals surface area (Å²) < 4.78 is 9.32. The first-order valence-corrected chi connectivity index (χ1v) is 7.52. The molecule has 2 heterocycles. The molecule has 3 rings (SSSR count). The zero-order valence-electron chi connectivity index (χ0n) is 11.9. The lowest BCUT2D eigenvalue weighted by molar-refractivity contribution is 0.592. The van der Waals surface area contributed by atoms with Crippen LogP contribution < -0.4 is 3.79 Å². The molecule has 6 heteroatoms. The van der Waals surface area contributed by atoms with Crippen molar-refractivity contribution >= 4 is 16.6 Å². The second-order valence-corrected chi connectivity index (χ2v) is 4.98. The zero-order valence-corrected chi connectivity index (χ0v) is 13.4. The fourth-order valence-corrected chi connectivity index (χ4v) is 2.65. The summed E-state index contributed by atoms with van der Waals surface area (Å²) in [7, 11) is 0. The standard InChI is InChI=1S/C15H16N4O.Al.H/c1-2-7-13-14(20)15(18-11-6-10-16-18)17-19(13)12-8-4-3-5-9-12;;/h3-6,8-11,20H,2,7H2,1H3;;/q;+1;/p-1. The molecule has 0 aliphatic heterocycles. The van der Waals surface area contributed by atoms with Crippen LogP contribution in [0, 0.1) is 0 Å². The van der Waals surface area contributed by atoms with E-state index in [0.29, 0.717) is 0 Å². The van der Waals surface area contributed by atoms with Crippen molar-refractivity contribution in [2.75, 3.05) is 0 Å². The zero-order chi connectivity index (χ0) is 14.7. The number of benzene rings is 1. The Morgan fingerprint density at radius 2 is 2.00 bits per heavy atom. The highest BCUT2D eigenvalue weighted by Crippen LogP contribution is 2.29. The van der Waals surface area contributed by atoms with Crippen LogP contribution in [0.5, 0.6) is 5.75 Å². The summed E-state index contributed by atoms with van der Waals surface area (Å²) in [5.74, 6) is 1.52. The Morgan fingerprint density at radius 1 is 1.19 bits per heavy atom. The molecule has 1 aromatic carbocycles. The minimum atomic E-state index is 0.724. The molecule has 5 nitrogen and oxygen atoms in total. The molecule has 105 valence electrons. The van der Waals surface area contributed by atoms with Crippen LogP contribution in [0.4, 0.5) is 0 Å². The van der Waals surface area contributed by atoms with Crippen molar-refractivity contribution in [3.63, 3.8) is 0 Å². The molecule has 0 unspecified atom stereocenters. The van der Waals surface area contributed by atoms with Gasteiger partial charge in [0.2, 0.25) is 5.82 Å². The number of hydrogen-bond donors (Lipinski definition) is 0. The lowest BCUT2D eigenvalue weighted by Gasteiger charge is -2.08. The third-order valence-electron chi connectivity index (χ3n) is 3.27. The fourth-order valence-electron chi connectivity index (χ4n) is 2.36. The minimum absolute atomic E-state index is 0.724. The van der Waals surface area contributed by atoms with E-state index in [-0.39, 0.29) is 0 Å². The quantitative estimate of drug-likeness (QED) is 0.678. The van der Waals surface area contributed by atoms with Crippen LogP contribution in [0.2, 0.25) is 0 Å². The molecule has 0 spiro atoms. The highest BCUT2D eigenvalue weighted by atomic mass is 27.1. The van der Waals surface area contributed by atoms with Crippen molar-refractivity contribution in [1.29, 1.82) is 0 Å². The van der Waals surface area contributed by atoms with Crippen molar-refractivity contribution in [1.82, 2.24) is 19.6 Å². The van der Waals surface area contributed by atoms with E-state index in [1.165, 1.54) is 16.6 Å². The summed E-state index contributed by atoms with van der Waals surface area (Å²) in [4.78, 5) is 0. The number of nitrogens with zero attached hydrogens (tertiary/aromatic N) is 4. The van der Waals surface area contributed by atoms with Crippen molar-refractivity contribution in [2.45, 2.75) is 19.8 Å². The maximum Gasteiger partial charge on any atom is 0.494 e. The fraction of sp³-hybridized carbons (Fsp3) is 0.200. The number of rotatable bonds is 5. The summed E-state index contributed by atoms with van der Waals surface area (Å²) in [5.41, 5.74) is 2.10. The minimum Gasteiger partial charge on any atom is -0.646 e. The van der Waals surface area contributed by atoms with Crippen LogP contribution in [-0.4, -0.2) is 36.2 Å². The van der Waals surface area contributed by atoms with Crippen molar-refractivity contribution in [2.24, 2.45) is 0 Å². The Morgan fingerprint density at radius 3 is 2.62 bits per heavy atom. The Bertz CT molecular complexity index is 707. The number of aromatic nitrogens is 4. The van der Waals surface area contributed by atoms with Crippen LogP contribution in [0.25, 0.3) is 11.5 Å². The van der Waals surface area contributed by atoms with Gasteiger partial charge in [0.15, 0.2) is 0 Å². The maximum absolute atomic E-state index is 5.64. The van der Waals surface area contributed by atoms with E-state index >= 15 is 0 Å². The Kier molecular flexibility index (Phi) is 4.09. The average Bonchev–Trinajstić information content (AvgIpc) is 3.15. The van der Waals surface area contributed by atoms with Crippen LogP contribution in [0.3, 0.4) is 0 Å². The first-order valence-electron chi connectivity index (χ1n) is 6.94. The van der Waals surface area contributed by atoms with Gasteiger partial charge in [-0.15, -0.1) is 5.10 Å². The van der Waals surface area contributed by atoms with E-state index < -0.39 is 0 Å². The summed E-state index contributed by atoms with van der Waals surface area (Å²) in [6.45, 7) is 2.15. The maximum atomic E-state index is 5.64. The largest absolute Gasteiger partial charge is 0.646 e. The molecule has 1 radical (unpaired) electrons. The van der Waals surface area contributed by atoms with Crippen LogP contribution in [-0.2, 0) is 6.42 Å². The van der Waals surface area contributed by atoms with Gasteiger partial charge in [-0.05, 0) is 24.6 Å². The molecular weight excluding hydrogens is 279 g/mol. The molecule has 0 saturated carbocycles. The predicted octanol–water partition coefficient (Wildman–Crippen LogP) is 2.21. The second-order valence-electron chi connectivity index (χ2n) is 4.69. The van der Waals surface area contributed by atoms with Gasteiger partial charge in [0.1, 0.15) is 5.75 Å². The summed E-state index contributed by atoms with van der Waals surface area (Å²) >= 11 is 1.47. The molecule has 0 aliphatic carbocycles. The Hall–Kier alpha value is -2.03. The first kappa shape index (κ1) is 13.9. The van der Waals surface area contributed by atoms with Crippen molar-refractivity contribution < 1.29 is 3.79 Å². The molecular formula is C15H16AlN4O. The summed E-state index contributed by atoms with van der Waals surface area (Å²) in [6, 6.07) is 12.0. The monoisotopic (exact) mass is 295 g/mol. The van der Waals surface area contributed by atoms with Gasteiger partial charge in [-0.2, -0.15) is 5.10 Å². The number of para-hydroxylation sites is 1. The van der Waals surface area contributed by atoms with Gasteiger partial charge in [0.25, 0.3) is 0 Å². The average molecular weight is 295 g/mol. The summed E-state index contributed by atoms with van der Waals surface area (Å²) in [5, 5.41) is 8.98. The Labute approximate surface area is 131 Å². The lowest BCUT2D eigenvalue weighted by Crippen LogP contribution is -2.03. The van der Waals surface area contributed by atoms with Crippen molar-refractivity contribution in [3.8, 4) is 17.3 Å². The molecule has 0 aliphatic rings. The number of hydrogen-bond acceptors (Lipinski definition) is 3. The van der Waals surface area contributed by atoms with Gasteiger partial charge in [-0.25, -0.2) is 9.36 Å². The predicted molar refractivity (Wildman–Crippen MR) is 82.5 cm³/mol. The van der Waals surface area contributed by atoms with E-state index in [4.69, 9.17) is 8.89 Å². The molecule has 0 bridgehead atoms. The van der Waals surface area contributed by atoms with Crippen LogP contribution >= 0.6 is 0 Å². The molecule has 0 amide bonds. The van der Waals surface area contributed by atoms with E-state index in [9.17, 15) is 0 Å². The molecule has 0 atom stereocenters. The van der Waals surface area contributed by atoms with E-state index in [0.717, 1.165) is 35.8 Å². The van der Waals surface area contributed by atoms with E-state index in [1.54, 1.807) is 10.9 Å². The van der Waals surface area contributed by atoms with E-state index in [1.807, 2.05) is 47.3 Å². The third kappa shape index (κ3) is 2.60. The van der Waals surface area contributed by atoms with Gasteiger partial charge in [-0.3, -0.25) is 0 Å².